The lowest BCUT2D eigenvalue weighted by atomic mass is 10.0. The topological polar surface area (TPSA) is 55.4 Å². The molecule has 27 heavy (non-hydrogen) atoms. The second-order valence-corrected chi connectivity index (χ2v) is 6.11. The summed E-state index contributed by atoms with van der Waals surface area (Å²) in [4.78, 5) is 23.8. The van der Waals surface area contributed by atoms with Gasteiger partial charge < -0.3 is 10.1 Å². The number of hydrogen-bond donors (Lipinski definition) is 1. The molecule has 0 atom stereocenters. The summed E-state index contributed by atoms with van der Waals surface area (Å²) in [6.07, 6.45) is 3.98. The Hall–Kier alpha value is -3.40. The van der Waals surface area contributed by atoms with Gasteiger partial charge in [0, 0.05) is 11.8 Å². The first kappa shape index (κ1) is 18.4. The molecule has 0 fully saturated rings. The van der Waals surface area contributed by atoms with E-state index in [4.69, 9.17) is 4.74 Å². The summed E-state index contributed by atoms with van der Waals surface area (Å²) in [5.74, 6) is -0.925. The van der Waals surface area contributed by atoms with Crippen molar-refractivity contribution in [2.24, 2.45) is 0 Å². The van der Waals surface area contributed by atoms with E-state index in [0.717, 1.165) is 22.8 Å². The van der Waals surface area contributed by atoms with Crippen LogP contribution in [0.25, 0.3) is 16.8 Å². The first-order valence-corrected chi connectivity index (χ1v) is 8.87. The average Bonchev–Trinajstić information content (AvgIpc) is 2.71. The van der Waals surface area contributed by atoms with Crippen LogP contribution in [-0.4, -0.2) is 18.5 Å². The van der Waals surface area contributed by atoms with Crippen molar-refractivity contribution in [3.63, 3.8) is 0 Å². The first-order valence-electron chi connectivity index (χ1n) is 8.87. The fraction of sp³-hybridized carbons (Fsp3) is 0.130. The highest BCUT2D eigenvalue weighted by molar-refractivity contribution is 5.96. The van der Waals surface area contributed by atoms with Crippen LogP contribution in [0.5, 0.6) is 0 Å². The number of esters is 1. The van der Waals surface area contributed by atoms with Gasteiger partial charge in [-0.1, -0.05) is 61.5 Å². The van der Waals surface area contributed by atoms with Crippen LogP contribution in [0.4, 0.5) is 5.69 Å². The van der Waals surface area contributed by atoms with Gasteiger partial charge in [-0.25, -0.2) is 4.79 Å². The van der Waals surface area contributed by atoms with Crippen molar-refractivity contribution in [1.82, 2.24) is 0 Å². The fourth-order valence-electron chi connectivity index (χ4n) is 2.76. The van der Waals surface area contributed by atoms with Crippen LogP contribution in [0.3, 0.4) is 0 Å². The highest BCUT2D eigenvalue weighted by atomic mass is 16.5. The normalized spacial score (nSPS) is 10.9. The van der Waals surface area contributed by atoms with E-state index in [1.165, 1.54) is 11.6 Å². The molecular weight excluding hydrogens is 338 g/mol. The molecule has 4 nitrogen and oxygen atoms in total. The van der Waals surface area contributed by atoms with Crippen LogP contribution in [-0.2, 0) is 20.7 Å². The number of fused-ring (bicyclic) bond motifs is 1. The van der Waals surface area contributed by atoms with Crippen LogP contribution < -0.4 is 5.32 Å². The molecule has 0 spiro atoms. The molecule has 0 heterocycles. The number of carbonyl (C=O) groups excluding carboxylic acids is 2. The van der Waals surface area contributed by atoms with Gasteiger partial charge in [-0.15, -0.1) is 0 Å². The molecule has 3 rings (SSSR count). The molecule has 3 aromatic rings. The first-order chi connectivity index (χ1) is 13.2. The third kappa shape index (κ3) is 5.05. The minimum Gasteiger partial charge on any atom is -0.452 e. The molecule has 0 aliphatic carbocycles. The summed E-state index contributed by atoms with van der Waals surface area (Å²) in [6, 6.07) is 21.4. The van der Waals surface area contributed by atoms with E-state index >= 15 is 0 Å². The SMILES string of the molecule is CCc1ccc(NC(=O)COC(=O)/C=C/c2cccc3ccccc23)cc1. The predicted octanol–water partition coefficient (Wildman–Crippen LogP) is 4.60. The van der Waals surface area contributed by atoms with Crippen LogP contribution in [0, 0.1) is 0 Å². The van der Waals surface area contributed by atoms with Crippen LogP contribution >= 0.6 is 0 Å². The molecule has 0 aliphatic heterocycles. The van der Waals surface area contributed by atoms with Gasteiger partial charge in [-0.3, -0.25) is 4.79 Å². The molecule has 0 unspecified atom stereocenters. The molecule has 0 radical (unpaired) electrons. The van der Waals surface area contributed by atoms with E-state index in [0.29, 0.717) is 5.69 Å². The summed E-state index contributed by atoms with van der Waals surface area (Å²) in [7, 11) is 0. The molecule has 0 aromatic heterocycles. The monoisotopic (exact) mass is 359 g/mol. The average molecular weight is 359 g/mol. The third-order valence-corrected chi connectivity index (χ3v) is 4.21. The van der Waals surface area contributed by atoms with Crippen LogP contribution in [0.2, 0.25) is 0 Å². The zero-order valence-electron chi connectivity index (χ0n) is 15.1. The Morgan fingerprint density at radius 3 is 2.48 bits per heavy atom. The van der Waals surface area contributed by atoms with Crippen molar-refractivity contribution in [2.45, 2.75) is 13.3 Å². The zero-order chi connectivity index (χ0) is 19.1. The van der Waals surface area contributed by atoms with Gasteiger partial charge in [-0.05, 0) is 46.5 Å². The highest BCUT2D eigenvalue weighted by Crippen LogP contribution is 2.19. The Morgan fingerprint density at radius 1 is 0.963 bits per heavy atom. The van der Waals surface area contributed by atoms with Gasteiger partial charge in [0.25, 0.3) is 5.91 Å². The molecule has 1 amide bonds. The van der Waals surface area contributed by atoms with Crippen LogP contribution in [0.1, 0.15) is 18.1 Å². The van der Waals surface area contributed by atoms with E-state index in [1.807, 2.05) is 66.7 Å². The second kappa shape index (κ2) is 8.81. The number of carbonyl (C=O) groups is 2. The van der Waals surface area contributed by atoms with Gasteiger partial charge in [0.05, 0.1) is 0 Å². The zero-order valence-corrected chi connectivity index (χ0v) is 15.1. The standard InChI is InChI=1S/C23H21NO3/c1-2-17-10-13-20(14-11-17)24-22(25)16-27-23(26)15-12-19-8-5-7-18-6-3-4-9-21(18)19/h3-15H,2,16H2,1H3,(H,24,25)/b15-12+. The smallest absolute Gasteiger partial charge is 0.331 e. The lowest BCUT2D eigenvalue weighted by Crippen LogP contribution is -2.20. The largest absolute Gasteiger partial charge is 0.452 e. The Morgan fingerprint density at radius 2 is 1.70 bits per heavy atom. The lowest BCUT2D eigenvalue weighted by molar-refractivity contribution is -0.142. The summed E-state index contributed by atoms with van der Waals surface area (Å²) in [5.41, 5.74) is 2.79. The Bertz CT molecular complexity index is 969. The number of hydrogen-bond acceptors (Lipinski definition) is 3. The minimum absolute atomic E-state index is 0.325. The molecule has 4 heteroatoms. The molecule has 1 N–H and O–H groups in total. The quantitative estimate of drug-likeness (QED) is 0.517. The molecule has 3 aromatic carbocycles. The predicted molar refractivity (Wildman–Crippen MR) is 108 cm³/mol. The van der Waals surface area contributed by atoms with E-state index in [1.54, 1.807) is 6.08 Å². The van der Waals surface area contributed by atoms with Gasteiger partial charge in [0.1, 0.15) is 0 Å². The molecule has 136 valence electrons. The Labute approximate surface area is 158 Å². The van der Waals surface area contributed by atoms with Crippen molar-refractivity contribution in [2.75, 3.05) is 11.9 Å². The van der Waals surface area contributed by atoms with E-state index in [9.17, 15) is 9.59 Å². The number of amides is 1. The Balaban J connectivity index is 1.54. The van der Waals surface area contributed by atoms with Crippen LogP contribution in [0.15, 0.2) is 72.8 Å². The molecule has 0 saturated heterocycles. The molecule has 0 saturated carbocycles. The number of benzene rings is 3. The molecule has 0 bridgehead atoms. The van der Waals surface area contributed by atoms with Gasteiger partial charge >= 0.3 is 5.97 Å². The summed E-state index contributed by atoms with van der Waals surface area (Å²) < 4.78 is 5.02. The Kier molecular flexibility index (Phi) is 6.00. The maximum Gasteiger partial charge on any atom is 0.331 e. The minimum atomic E-state index is -0.556. The molecular formula is C23H21NO3. The second-order valence-electron chi connectivity index (χ2n) is 6.11. The summed E-state index contributed by atoms with van der Waals surface area (Å²) in [5, 5.41) is 4.86. The lowest BCUT2D eigenvalue weighted by Gasteiger charge is -2.06. The maximum absolute atomic E-state index is 11.9. The van der Waals surface area contributed by atoms with Gasteiger partial charge in [-0.2, -0.15) is 0 Å². The highest BCUT2D eigenvalue weighted by Gasteiger charge is 2.06. The maximum atomic E-state index is 11.9. The van der Waals surface area contributed by atoms with Crippen molar-refractivity contribution in [3.05, 3.63) is 83.9 Å². The molecule has 0 aliphatic rings. The van der Waals surface area contributed by atoms with Crippen molar-refractivity contribution in [1.29, 1.82) is 0 Å². The third-order valence-electron chi connectivity index (χ3n) is 4.21. The van der Waals surface area contributed by atoms with Gasteiger partial charge in [0.2, 0.25) is 0 Å². The summed E-state index contributed by atoms with van der Waals surface area (Å²) >= 11 is 0. The summed E-state index contributed by atoms with van der Waals surface area (Å²) in [6.45, 7) is 1.74. The van der Waals surface area contributed by atoms with Crippen molar-refractivity contribution < 1.29 is 14.3 Å². The van der Waals surface area contributed by atoms with E-state index in [2.05, 4.69) is 12.2 Å². The number of rotatable bonds is 6. The number of anilines is 1. The number of aryl methyl sites for hydroxylation is 1. The van der Waals surface area contributed by atoms with Crippen molar-refractivity contribution in [3.8, 4) is 0 Å². The van der Waals surface area contributed by atoms with Gasteiger partial charge in [0.15, 0.2) is 6.61 Å². The fourth-order valence-corrected chi connectivity index (χ4v) is 2.76. The van der Waals surface area contributed by atoms with E-state index in [-0.39, 0.29) is 12.5 Å². The van der Waals surface area contributed by atoms with Crippen molar-refractivity contribution >= 4 is 34.4 Å². The van der Waals surface area contributed by atoms with E-state index < -0.39 is 5.97 Å². The number of ether oxygens (including phenoxy) is 1. The number of nitrogens with one attached hydrogen (secondary N) is 1.